The molecule has 1 atom stereocenters. The Kier molecular flexibility index (Phi) is 10.6. The van der Waals surface area contributed by atoms with E-state index in [1.165, 1.54) is 11.0 Å². The normalized spacial score (nSPS) is 12.2. The quantitative estimate of drug-likeness (QED) is 0.194. The number of rotatable bonds is 13. The molecule has 3 aromatic rings. The van der Waals surface area contributed by atoms with Gasteiger partial charge in [-0.3, -0.25) is 4.79 Å². The van der Waals surface area contributed by atoms with Gasteiger partial charge in [0.05, 0.1) is 20.8 Å². The Labute approximate surface area is 220 Å². The number of nitrogens with zero attached hydrogens (tertiary/aromatic N) is 1. The number of phenolic OH excluding ortho intramolecular Hbond substituents is 1. The number of nitrogens with one attached hydrogen (secondary N) is 2. The number of thioether (sulfide) groups is 1. The summed E-state index contributed by atoms with van der Waals surface area (Å²) < 4.78 is 0.555. The van der Waals surface area contributed by atoms with Crippen molar-refractivity contribution in [2.45, 2.75) is 18.9 Å². The molecule has 0 bridgehead atoms. The molecule has 0 aliphatic heterocycles. The average molecular weight is 561 g/mol. The van der Waals surface area contributed by atoms with Crippen LogP contribution >= 0.6 is 46.3 Å². The third kappa shape index (κ3) is 7.77. The number of hydrogen-bond acceptors (Lipinski definition) is 7. The fraction of sp³-hybridized carbons (Fsp3) is 0.391. The summed E-state index contributed by atoms with van der Waals surface area (Å²) in [4.78, 5) is 26.9. The topological polar surface area (TPSA) is 126 Å². The monoisotopic (exact) mass is 559 g/mol. The first-order valence-corrected chi connectivity index (χ1v) is 13.7. The lowest BCUT2D eigenvalue weighted by molar-refractivity contribution is 0.146. The molecular weight excluding hydrogens is 533 g/mol. The third-order valence-corrected chi connectivity index (χ3v) is 8.24. The largest absolute Gasteiger partial charge is 0.506 e. The number of amides is 1. The highest BCUT2D eigenvalue weighted by Gasteiger charge is 2.16. The third-order valence-electron chi connectivity index (χ3n) is 5.38. The van der Waals surface area contributed by atoms with Gasteiger partial charge in [0.1, 0.15) is 11.3 Å². The predicted octanol–water partition coefficient (Wildman–Crippen LogP) is 4.57. The number of aliphatic hydroxyl groups is 1. The highest BCUT2D eigenvalue weighted by molar-refractivity contribution is 7.99. The van der Waals surface area contributed by atoms with Crippen LogP contribution in [0.15, 0.2) is 35.1 Å². The van der Waals surface area contributed by atoms with Gasteiger partial charge in [-0.15, -0.1) is 0 Å². The number of aromatic hydroxyl groups is 1. The number of benzene rings is 2. The second kappa shape index (κ2) is 13.4. The summed E-state index contributed by atoms with van der Waals surface area (Å²) in [6.45, 7) is 1.76. The molecule has 12 heteroatoms. The number of phenols is 1. The number of hydrogen-bond donors (Lipinski definition) is 5. The molecule has 0 aliphatic rings. The van der Waals surface area contributed by atoms with Gasteiger partial charge in [0.15, 0.2) is 0 Å². The summed E-state index contributed by atoms with van der Waals surface area (Å²) in [6.07, 6.45) is -0.551. The van der Waals surface area contributed by atoms with E-state index in [-0.39, 0.29) is 10.6 Å². The van der Waals surface area contributed by atoms with Crippen LogP contribution in [0.1, 0.15) is 23.7 Å². The summed E-state index contributed by atoms with van der Waals surface area (Å²) in [5.74, 6) is 1.59. The van der Waals surface area contributed by atoms with Gasteiger partial charge in [0.2, 0.25) is 0 Å². The minimum Gasteiger partial charge on any atom is -0.506 e. The number of aromatic amines is 1. The molecule has 1 amide bonds. The highest BCUT2D eigenvalue weighted by Crippen LogP contribution is 2.31. The van der Waals surface area contributed by atoms with Crippen LogP contribution in [-0.2, 0) is 6.42 Å². The van der Waals surface area contributed by atoms with Crippen LogP contribution in [0, 0.1) is 0 Å². The number of halogens is 2. The zero-order valence-electron chi connectivity index (χ0n) is 18.8. The van der Waals surface area contributed by atoms with E-state index >= 15 is 0 Å². The molecule has 0 fully saturated rings. The SMILES string of the molecule is O=C(O)N(CCCSCCNC[C@H](O)c1ccc(O)c2[nH]c(=O)sc12)CCc1cccc(Cl)c1Cl. The number of carbonyl (C=O) groups is 1. The summed E-state index contributed by atoms with van der Waals surface area (Å²) in [6, 6.07) is 8.43. The van der Waals surface area contributed by atoms with E-state index in [9.17, 15) is 24.9 Å². The smallest absolute Gasteiger partial charge is 0.407 e. The fourth-order valence-electron chi connectivity index (χ4n) is 3.55. The molecule has 0 saturated carbocycles. The van der Waals surface area contributed by atoms with Crippen LogP contribution in [-0.4, -0.2) is 69.0 Å². The Morgan fingerprint density at radius 1 is 1.20 bits per heavy atom. The van der Waals surface area contributed by atoms with Gasteiger partial charge in [-0.25, -0.2) is 4.79 Å². The lowest BCUT2D eigenvalue weighted by Gasteiger charge is -2.19. The maximum absolute atomic E-state index is 11.6. The van der Waals surface area contributed by atoms with E-state index in [4.69, 9.17) is 23.2 Å². The number of aliphatic hydroxyl groups excluding tert-OH is 1. The standard InChI is InChI=1S/C23H27Cl2N3O5S2/c24-16-4-1-3-14(19(16)25)7-10-28(23(32)33)9-2-11-34-12-8-26-13-18(30)15-5-6-17(29)20-21(15)35-22(31)27-20/h1,3-6,18,26,29-30H,2,7-13H2,(H,27,31)(H,32,33)/t18-/m0/s1. The van der Waals surface area contributed by atoms with Crippen LogP contribution in [0.25, 0.3) is 10.2 Å². The molecule has 0 unspecified atom stereocenters. The summed E-state index contributed by atoms with van der Waals surface area (Å²) in [5, 5.41) is 34.0. The molecule has 2 aromatic carbocycles. The van der Waals surface area contributed by atoms with E-state index in [1.54, 1.807) is 30.0 Å². The van der Waals surface area contributed by atoms with Gasteiger partial charge >= 0.3 is 11.0 Å². The highest BCUT2D eigenvalue weighted by atomic mass is 35.5. The van der Waals surface area contributed by atoms with E-state index in [2.05, 4.69) is 10.3 Å². The molecule has 5 N–H and O–H groups in total. The van der Waals surface area contributed by atoms with E-state index in [1.807, 2.05) is 6.07 Å². The van der Waals surface area contributed by atoms with Crippen molar-refractivity contribution in [3.8, 4) is 5.75 Å². The van der Waals surface area contributed by atoms with Gasteiger partial charge in [-0.1, -0.05) is 52.7 Å². The van der Waals surface area contributed by atoms with Crippen LogP contribution in [0.3, 0.4) is 0 Å². The molecule has 1 heterocycles. The van der Waals surface area contributed by atoms with Crippen molar-refractivity contribution in [1.82, 2.24) is 15.2 Å². The number of carboxylic acid groups (broad SMARTS) is 1. The van der Waals surface area contributed by atoms with Crippen molar-refractivity contribution in [1.29, 1.82) is 0 Å². The molecule has 0 saturated heterocycles. The van der Waals surface area contributed by atoms with Crippen LogP contribution < -0.4 is 10.2 Å². The average Bonchev–Trinajstić information content (AvgIpc) is 3.22. The van der Waals surface area contributed by atoms with Crippen LogP contribution in [0.5, 0.6) is 5.75 Å². The zero-order valence-corrected chi connectivity index (χ0v) is 21.9. The van der Waals surface area contributed by atoms with E-state index in [0.29, 0.717) is 58.4 Å². The van der Waals surface area contributed by atoms with Crippen molar-refractivity contribution < 1.29 is 20.1 Å². The maximum atomic E-state index is 11.6. The number of fused-ring (bicyclic) bond motifs is 1. The van der Waals surface area contributed by atoms with Gasteiger partial charge < -0.3 is 30.5 Å². The Bertz CT molecular complexity index is 1200. The molecule has 0 spiro atoms. The van der Waals surface area contributed by atoms with Gasteiger partial charge in [0, 0.05) is 37.5 Å². The van der Waals surface area contributed by atoms with Crippen molar-refractivity contribution in [2.24, 2.45) is 0 Å². The number of thiazole rings is 1. The zero-order chi connectivity index (χ0) is 25.4. The molecule has 0 radical (unpaired) electrons. The first-order valence-electron chi connectivity index (χ1n) is 11.0. The minimum atomic E-state index is -0.959. The Morgan fingerprint density at radius 3 is 2.77 bits per heavy atom. The molecule has 190 valence electrons. The number of aromatic nitrogens is 1. The van der Waals surface area contributed by atoms with Crippen molar-refractivity contribution in [3.63, 3.8) is 0 Å². The second-order valence-corrected chi connectivity index (χ2v) is 10.8. The summed E-state index contributed by atoms with van der Waals surface area (Å²) in [5.41, 5.74) is 1.76. The van der Waals surface area contributed by atoms with Crippen molar-refractivity contribution in [3.05, 3.63) is 61.2 Å². The van der Waals surface area contributed by atoms with E-state index in [0.717, 1.165) is 34.8 Å². The van der Waals surface area contributed by atoms with Crippen molar-refractivity contribution in [2.75, 3.05) is 37.7 Å². The Balaban J connectivity index is 1.33. The molecule has 3 rings (SSSR count). The Morgan fingerprint density at radius 2 is 2.00 bits per heavy atom. The number of H-pyrrole nitrogens is 1. The fourth-order valence-corrected chi connectivity index (χ4v) is 5.71. The van der Waals surface area contributed by atoms with Crippen LogP contribution in [0.4, 0.5) is 4.79 Å². The molecule has 35 heavy (non-hydrogen) atoms. The first kappa shape index (κ1) is 27.6. The predicted molar refractivity (Wildman–Crippen MR) is 144 cm³/mol. The molecule has 1 aromatic heterocycles. The molecular formula is C23H27Cl2N3O5S2. The lowest BCUT2D eigenvalue weighted by Crippen LogP contribution is -2.32. The molecule has 0 aliphatic carbocycles. The van der Waals surface area contributed by atoms with Crippen LogP contribution in [0.2, 0.25) is 10.0 Å². The second-order valence-electron chi connectivity index (χ2n) is 7.81. The van der Waals surface area contributed by atoms with Crippen molar-refractivity contribution >= 4 is 62.6 Å². The Hall–Kier alpha value is -1.95. The van der Waals surface area contributed by atoms with E-state index < -0.39 is 12.2 Å². The summed E-state index contributed by atoms with van der Waals surface area (Å²) in [7, 11) is 0. The molecule has 8 nitrogen and oxygen atoms in total. The minimum absolute atomic E-state index is 0.0200. The van der Waals surface area contributed by atoms with Gasteiger partial charge in [0.25, 0.3) is 0 Å². The maximum Gasteiger partial charge on any atom is 0.407 e. The first-order chi connectivity index (χ1) is 16.8. The summed E-state index contributed by atoms with van der Waals surface area (Å²) >= 11 is 14.9. The van der Waals surface area contributed by atoms with Gasteiger partial charge in [-0.2, -0.15) is 11.8 Å². The van der Waals surface area contributed by atoms with Gasteiger partial charge in [-0.05, 0) is 36.3 Å². The lowest BCUT2D eigenvalue weighted by atomic mass is 10.1.